The summed E-state index contributed by atoms with van der Waals surface area (Å²) in [5.41, 5.74) is 0.294. The van der Waals surface area contributed by atoms with E-state index in [2.05, 4.69) is 15.3 Å². The predicted molar refractivity (Wildman–Crippen MR) is 68.1 cm³/mol. The first-order valence-electron chi connectivity index (χ1n) is 4.93. The normalized spacial score (nSPS) is 11.8. The number of nitriles is 1. The number of nitrogens with zero attached hydrogens (tertiary/aromatic N) is 3. The summed E-state index contributed by atoms with van der Waals surface area (Å²) in [7, 11) is 0. The van der Waals surface area contributed by atoms with Crippen molar-refractivity contribution in [3.05, 3.63) is 39.4 Å². The second-order valence-electron chi connectivity index (χ2n) is 3.37. The lowest BCUT2D eigenvalue weighted by atomic mass is 10.2. The summed E-state index contributed by atoms with van der Waals surface area (Å²) in [6, 6.07) is 5.84. The fourth-order valence-electron chi connectivity index (χ4n) is 1.36. The molecule has 0 amide bonds. The first-order chi connectivity index (χ1) is 8.20. The molecule has 0 spiro atoms. The molecule has 1 unspecified atom stereocenters. The number of aromatic nitrogens is 2. The molecule has 2 heterocycles. The van der Waals surface area contributed by atoms with Gasteiger partial charge in [-0.3, -0.25) is 0 Å². The number of rotatable bonds is 3. The Morgan fingerprint density at radius 1 is 1.41 bits per heavy atom. The van der Waals surface area contributed by atoms with Crippen molar-refractivity contribution in [1.82, 2.24) is 9.97 Å². The maximum absolute atomic E-state index is 8.89. The molecule has 2 aromatic heterocycles. The van der Waals surface area contributed by atoms with Crippen LogP contribution in [0, 0.1) is 11.3 Å². The van der Waals surface area contributed by atoms with Gasteiger partial charge in [-0.1, -0.05) is 11.6 Å². The van der Waals surface area contributed by atoms with Crippen LogP contribution in [0.4, 0.5) is 5.82 Å². The van der Waals surface area contributed by atoms with E-state index in [1.165, 1.54) is 17.5 Å². The van der Waals surface area contributed by atoms with Crippen LogP contribution in [0.5, 0.6) is 0 Å². The Labute approximate surface area is 108 Å². The van der Waals surface area contributed by atoms with E-state index in [4.69, 9.17) is 16.9 Å². The number of nitrogens with one attached hydrogen (secondary N) is 1. The molecule has 17 heavy (non-hydrogen) atoms. The highest BCUT2D eigenvalue weighted by atomic mass is 35.5. The van der Waals surface area contributed by atoms with Gasteiger partial charge in [-0.2, -0.15) is 5.26 Å². The highest BCUT2D eigenvalue weighted by molar-refractivity contribution is 7.16. The molecule has 86 valence electrons. The van der Waals surface area contributed by atoms with Crippen molar-refractivity contribution >= 4 is 28.8 Å². The fourth-order valence-corrected chi connectivity index (χ4v) is 2.43. The number of anilines is 1. The van der Waals surface area contributed by atoms with E-state index < -0.39 is 0 Å². The maximum Gasteiger partial charge on any atom is 0.182 e. The molecule has 0 saturated heterocycles. The zero-order valence-electron chi connectivity index (χ0n) is 9.01. The van der Waals surface area contributed by atoms with E-state index >= 15 is 0 Å². The molecule has 0 aliphatic rings. The average Bonchev–Trinajstić information content (AvgIpc) is 2.77. The molecule has 0 radical (unpaired) electrons. The number of hydrogen-bond donors (Lipinski definition) is 1. The third-order valence-corrected chi connectivity index (χ3v) is 3.59. The van der Waals surface area contributed by atoms with Gasteiger partial charge in [-0.25, -0.2) is 9.97 Å². The van der Waals surface area contributed by atoms with Gasteiger partial charge < -0.3 is 5.32 Å². The lowest BCUT2D eigenvalue weighted by Crippen LogP contribution is -2.08. The smallest absolute Gasteiger partial charge is 0.182 e. The number of hydrogen-bond acceptors (Lipinski definition) is 5. The third kappa shape index (κ3) is 2.73. The fraction of sp³-hybridized carbons (Fsp3) is 0.182. The predicted octanol–water partition coefficient (Wildman–Crippen LogP) is 3.24. The molecule has 2 rings (SSSR count). The van der Waals surface area contributed by atoms with Gasteiger partial charge in [0, 0.05) is 17.3 Å². The van der Waals surface area contributed by atoms with Gasteiger partial charge in [0.1, 0.15) is 6.07 Å². The Morgan fingerprint density at radius 2 is 2.18 bits per heavy atom. The quantitative estimate of drug-likeness (QED) is 0.924. The van der Waals surface area contributed by atoms with Gasteiger partial charge in [-0.05, 0) is 19.1 Å². The summed E-state index contributed by atoms with van der Waals surface area (Å²) >= 11 is 7.38. The zero-order valence-corrected chi connectivity index (χ0v) is 10.6. The minimum absolute atomic E-state index is 0.0382. The molecule has 0 bridgehead atoms. The van der Waals surface area contributed by atoms with Crippen molar-refractivity contribution in [3.63, 3.8) is 0 Å². The highest BCUT2D eigenvalue weighted by Gasteiger charge is 2.11. The van der Waals surface area contributed by atoms with Gasteiger partial charge in [0.2, 0.25) is 0 Å². The SMILES string of the molecule is CC(Nc1nccnc1C#N)c1ccc(Cl)s1. The lowest BCUT2D eigenvalue weighted by molar-refractivity contribution is 0.890. The van der Waals surface area contributed by atoms with E-state index in [1.54, 1.807) is 6.20 Å². The van der Waals surface area contributed by atoms with Crippen LogP contribution in [-0.4, -0.2) is 9.97 Å². The molecule has 6 heteroatoms. The van der Waals surface area contributed by atoms with Crippen LogP contribution >= 0.6 is 22.9 Å². The molecule has 0 saturated carbocycles. The maximum atomic E-state index is 8.89. The lowest BCUT2D eigenvalue weighted by Gasteiger charge is -2.12. The monoisotopic (exact) mass is 264 g/mol. The molecule has 2 aromatic rings. The molecule has 0 aliphatic heterocycles. The largest absolute Gasteiger partial charge is 0.360 e. The van der Waals surface area contributed by atoms with Crippen LogP contribution in [0.25, 0.3) is 0 Å². The third-order valence-electron chi connectivity index (χ3n) is 2.18. The van der Waals surface area contributed by atoms with E-state index in [1.807, 2.05) is 25.1 Å². The van der Waals surface area contributed by atoms with E-state index in [9.17, 15) is 0 Å². The van der Waals surface area contributed by atoms with Gasteiger partial charge in [-0.15, -0.1) is 11.3 Å². The molecule has 0 fully saturated rings. The van der Waals surface area contributed by atoms with Crippen molar-refractivity contribution in [1.29, 1.82) is 5.26 Å². The van der Waals surface area contributed by atoms with Crippen LogP contribution in [0.15, 0.2) is 24.5 Å². The molecular formula is C11H9ClN4S. The minimum atomic E-state index is 0.0382. The van der Waals surface area contributed by atoms with Crippen LogP contribution in [0.1, 0.15) is 23.5 Å². The van der Waals surface area contributed by atoms with E-state index in [-0.39, 0.29) is 6.04 Å². The van der Waals surface area contributed by atoms with Crippen molar-refractivity contribution in [2.45, 2.75) is 13.0 Å². The van der Waals surface area contributed by atoms with Crippen LogP contribution in [-0.2, 0) is 0 Å². The molecule has 0 aliphatic carbocycles. The highest BCUT2D eigenvalue weighted by Crippen LogP contribution is 2.28. The molecule has 4 nitrogen and oxygen atoms in total. The van der Waals surface area contributed by atoms with Crippen LogP contribution in [0.2, 0.25) is 4.34 Å². The van der Waals surface area contributed by atoms with Gasteiger partial charge in [0.05, 0.1) is 10.4 Å². The average molecular weight is 265 g/mol. The Morgan fingerprint density at radius 3 is 2.82 bits per heavy atom. The number of halogens is 1. The first-order valence-corrected chi connectivity index (χ1v) is 6.13. The summed E-state index contributed by atoms with van der Waals surface area (Å²) in [6.07, 6.45) is 3.05. The molecular weight excluding hydrogens is 256 g/mol. The summed E-state index contributed by atoms with van der Waals surface area (Å²) in [6.45, 7) is 1.98. The summed E-state index contributed by atoms with van der Waals surface area (Å²) in [5, 5.41) is 12.0. The van der Waals surface area contributed by atoms with Crippen molar-refractivity contribution < 1.29 is 0 Å². The molecule has 1 atom stereocenters. The minimum Gasteiger partial charge on any atom is -0.360 e. The zero-order chi connectivity index (χ0) is 12.3. The molecule has 1 N–H and O–H groups in total. The standard InChI is InChI=1S/C11H9ClN4S/c1-7(9-2-3-10(12)17-9)16-11-8(6-13)14-4-5-15-11/h2-5,7H,1H3,(H,15,16). The van der Waals surface area contributed by atoms with Crippen molar-refractivity contribution in [2.75, 3.05) is 5.32 Å². The topological polar surface area (TPSA) is 61.6 Å². The Hall–Kier alpha value is -1.64. The van der Waals surface area contributed by atoms with Crippen LogP contribution < -0.4 is 5.32 Å². The van der Waals surface area contributed by atoms with Gasteiger partial charge in [0.15, 0.2) is 11.5 Å². The Kier molecular flexibility index (Phi) is 3.57. The number of thiophene rings is 1. The summed E-state index contributed by atoms with van der Waals surface area (Å²) in [5.74, 6) is 0.493. The van der Waals surface area contributed by atoms with Gasteiger partial charge >= 0.3 is 0 Å². The van der Waals surface area contributed by atoms with Crippen molar-refractivity contribution in [3.8, 4) is 6.07 Å². The van der Waals surface area contributed by atoms with E-state index in [0.29, 0.717) is 11.5 Å². The van der Waals surface area contributed by atoms with Crippen molar-refractivity contribution in [2.24, 2.45) is 0 Å². The second kappa shape index (κ2) is 5.13. The Balaban J connectivity index is 2.19. The summed E-state index contributed by atoms with van der Waals surface area (Å²) < 4.78 is 0.744. The summed E-state index contributed by atoms with van der Waals surface area (Å²) in [4.78, 5) is 9.13. The first kappa shape index (κ1) is 11.8. The molecule has 0 aromatic carbocycles. The second-order valence-corrected chi connectivity index (χ2v) is 5.12. The van der Waals surface area contributed by atoms with Gasteiger partial charge in [0.25, 0.3) is 0 Å². The Bertz CT molecular complexity index is 561. The van der Waals surface area contributed by atoms with Crippen LogP contribution in [0.3, 0.4) is 0 Å². The van der Waals surface area contributed by atoms with E-state index in [0.717, 1.165) is 9.21 Å².